The molecule has 0 saturated carbocycles. The van der Waals surface area contributed by atoms with E-state index in [4.69, 9.17) is 14.6 Å². The minimum atomic E-state index is -1.18. The van der Waals surface area contributed by atoms with E-state index in [0.717, 1.165) is 36.9 Å². The number of aliphatic hydroxyl groups excluding tert-OH is 3. The average molecular weight is 963 g/mol. The van der Waals surface area contributed by atoms with Gasteiger partial charge in [0.15, 0.2) is 0 Å². The molecule has 3 aromatic carbocycles. The van der Waals surface area contributed by atoms with Gasteiger partial charge in [-0.3, -0.25) is 19.2 Å². The number of aromatic nitrogens is 1. The zero-order chi connectivity index (χ0) is 50.6. The first-order chi connectivity index (χ1) is 33.4. The van der Waals surface area contributed by atoms with Crippen LogP contribution in [-0.4, -0.2) is 79.3 Å². The highest BCUT2D eigenvalue weighted by molar-refractivity contribution is 6.12. The number of fused-ring (bicyclic) bond motifs is 1. The molecule has 1 aliphatic heterocycles. The number of cyclic esters (lactones) is 1. The standard InChI is InChI=1S/C33H35FN2O5.C24H36O5/c1-21(2)31-30(33(41)35-25-11-7-4-8-12-25)29(22-9-5-3-6-10-22)32(23-13-15-24(34)16-14-23)36(31)18-17-26(37)19-27(38)20-28(39)40;1-5-15(3)24(27)29-21-11-14(2)10-17-7-6-16(4)20(23(17)21)9-8-19-12-18(25)13-22(26)28-19/h3-16,21,26-27,37-38H,17-20H2,1-2H3,(H,35,41)(H,39,40);6-7,10,14-16,18-21,23,25H,5,8-9,11-13H2,1-4H3/t26-,27-;14-,15-,16-,18+,19+,20-,21-,23-/m10/s1. The number of aliphatic hydroxyl groups is 3. The number of benzene rings is 3. The average Bonchev–Trinajstić information content (AvgIpc) is 3.66. The number of rotatable bonds is 18. The predicted octanol–water partition coefficient (Wildman–Crippen LogP) is 10.5. The summed E-state index contributed by atoms with van der Waals surface area (Å²) in [5, 5.41) is 42.7. The first kappa shape index (κ1) is 53.5. The fourth-order valence-electron chi connectivity index (χ4n) is 10.3. The van der Waals surface area contributed by atoms with E-state index in [1.54, 1.807) is 12.1 Å². The summed E-state index contributed by atoms with van der Waals surface area (Å²) in [4.78, 5) is 49.2. The van der Waals surface area contributed by atoms with Crippen molar-refractivity contribution in [3.8, 4) is 22.4 Å². The number of carbonyl (C=O) groups excluding carboxylic acids is 3. The molecule has 1 aromatic heterocycles. The molecule has 0 spiro atoms. The Labute approximate surface area is 411 Å². The number of nitrogens with zero attached hydrogens (tertiary/aromatic N) is 1. The summed E-state index contributed by atoms with van der Waals surface area (Å²) in [5.41, 5.74) is 6.05. The lowest BCUT2D eigenvalue weighted by atomic mass is 9.65. The van der Waals surface area contributed by atoms with Gasteiger partial charge in [-0.05, 0) is 115 Å². The molecule has 3 aliphatic rings. The maximum atomic E-state index is 14.0. The van der Waals surface area contributed by atoms with E-state index in [1.165, 1.54) is 17.7 Å². The molecule has 5 N–H and O–H groups in total. The van der Waals surface area contributed by atoms with Crippen LogP contribution in [0.5, 0.6) is 0 Å². The third-order valence-corrected chi connectivity index (χ3v) is 13.9. The number of halogens is 1. The zero-order valence-corrected chi connectivity index (χ0v) is 41.3. The SMILES string of the molecule is CC(C)c1c(C(=O)Nc2ccccc2)c(-c2ccccc2)c(-c2ccc(F)cc2)n1CC[C@@H](O)C[C@@H](O)CC(=O)O.CC[C@H](C)C(=O)O[C@H]1C[C@@H](C)C=C2C=C[C@H](C)[C@H](CC[C@@H]3C[C@@H](O)CC(=O)O3)[C@H]21. The van der Waals surface area contributed by atoms with Crippen molar-refractivity contribution < 1.29 is 53.5 Å². The van der Waals surface area contributed by atoms with E-state index >= 15 is 0 Å². The van der Waals surface area contributed by atoms with E-state index < -0.39 is 30.7 Å². The first-order valence-electron chi connectivity index (χ1n) is 24.9. The lowest BCUT2D eigenvalue weighted by Crippen LogP contribution is -2.42. The number of anilines is 1. The number of carbonyl (C=O) groups is 4. The number of hydrogen-bond donors (Lipinski definition) is 5. The maximum Gasteiger partial charge on any atom is 0.308 e. The third kappa shape index (κ3) is 13.9. The highest BCUT2D eigenvalue weighted by Gasteiger charge is 2.42. The van der Waals surface area contributed by atoms with Crippen LogP contribution in [0.3, 0.4) is 0 Å². The molecule has 1 fully saturated rings. The van der Waals surface area contributed by atoms with Crippen LogP contribution >= 0.6 is 0 Å². The molecule has 12 nitrogen and oxygen atoms in total. The van der Waals surface area contributed by atoms with Crippen molar-refractivity contribution in [2.45, 2.75) is 142 Å². The number of esters is 2. The molecule has 0 radical (unpaired) electrons. The van der Waals surface area contributed by atoms with Crippen LogP contribution in [0.1, 0.15) is 121 Å². The number of carboxylic acids is 1. The van der Waals surface area contributed by atoms with Crippen LogP contribution in [0.4, 0.5) is 10.1 Å². The quantitative estimate of drug-likeness (QED) is 0.0601. The predicted molar refractivity (Wildman–Crippen MR) is 268 cm³/mol. The van der Waals surface area contributed by atoms with Crippen LogP contribution in [0, 0.1) is 35.4 Å². The number of ether oxygens (including phenoxy) is 2. The Hall–Kier alpha value is -5.89. The Morgan fingerprint density at radius 1 is 0.900 bits per heavy atom. The minimum Gasteiger partial charge on any atom is -0.481 e. The third-order valence-electron chi connectivity index (χ3n) is 13.9. The van der Waals surface area contributed by atoms with Crippen molar-refractivity contribution in [1.29, 1.82) is 0 Å². The van der Waals surface area contributed by atoms with Crippen molar-refractivity contribution in [2.75, 3.05) is 5.32 Å². The highest BCUT2D eigenvalue weighted by atomic mass is 19.1. The largest absolute Gasteiger partial charge is 0.481 e. The van der Waals surface area contributed by atoms with Gasteiger partial charge in [-0.15, -0.1) is 0 Å². The molecule has 376 valence electrons. The highest BCUT2D eigenvalue weighted by Crippen LogP contribution is 2.46. The monoisotopic (exact) mass is 963 g/mol. The van der Waals surface area contributed by atoms with Crippen LogP contribution < -0.4 is 5.32 Å². The minimum absolute atomic E-state index is 0.0854. The van der Waals surface area contributed by atoms with Crippen molar-refractivity contribution in [3.63, 3.8) is 0 Å². The van der Waals surface area contributed by atoms with Crippen molar-refractivity contribution in [1.82, 2.24) is 4.57 Å². The van der Waals surface area contributed by atoms with E-state index in [2.05, 4.69) is 37.4 Å². The van der Waals surface area contributed by atoms with Crippen LogP contribution in [0.25, 0.3) is 22.4 Å². The fraction of sp³-hybridized carbons (Fsp3) is 0.474. The molecular formula is C57H71FN2O10. The number of para-hydroxylation sites is 1. The molecule has 4 aromatic rings. The normalized spacial score (nSPS) is 23.2. The van der Waals surface area contributed by atoms with Crippen LogP contribution in [0.2, 0.25) is 0 Å². The summed E-state index contributed by atoms with van der Waals surface area (Å²) >= 11 is 0. The first-order valence-corrected chi connectivity index (χ1v) is 24.9. The maximum absolute atomic E-state index is 14.0. The Kier molecular flexibility index (Phi) is 18.9. The van der Waals surface area contributed by atoms with Gasteiger partial charge in [-0.1, -0.05) is 108 Å². The summed E-state index contributed by atoms with van der Waals surface area (Å²) in [6, 6.07) is 24.8. The molecule has 10 atom stereocenters. The number of carboxylic acid groups (broad SMARTS) is 1. The number of allylic oxidation sites excluding steroid dienone is 3. The van der Waals surface area contributed by atoms with Crippen molar-refractivity contribution >= 4 is 29.5 Å². The van der Waals surface area contributed by atoms with Gasteiger partial charge in [0.05, 0.1) is 48.3 Å². The summed E-state index contributed by atoms with van der Waals surface area (Å²) in [6.07, 6.45) is 7.19. The Morgan fingerprint density at radius 3 is 2.20 bits per heavy atom. The molecule has 7 rings (SSSR count). The molecule has 2 aliphatic carbocycles. The van der Waals surface area contributed by atoms with Crippen LogP contribution in [0.15, 0.2) is 109 Å². The van der Waals surface area contributed by atoms with Gasteiger partial charge in [0, 0.05) is 35.8 Å². The zero-order valence-electron chi connectivity index (χ0n) is 41.3. The van der Waals surface area contributed by atoms with Gasteiger partial charge in [0.1, 0.15) is 18.0 Å². The molecular weight excluding hydrogens is 892 g/mol. The smallest absolute Gasteiger partial charge is 0.308 e. The molecule has 1 saturated heterocycles. The van der Waals surface area contributed by atoms with Gasteiger partial charge in [-0.2, -0.15) is 0 Å². The van der Waals surface area contributed by atoms with Gasteiger partial charge in [0.25, 0.3) is 5.91 Å². The fourth-order valence-corrected chi connectivity index (χ4v) is 10.3. The van der Waals surface area contributed by atoms with E-state index in [0.29, 0.717) is 52.2 Å². The Morgan fingerprint density at radius 2 is 1.57 bits per heavy atom. The Balaban J connectivity index is 0.000000244. The molecule has 1 amide bonds. The van der Waals surface area contributed by atoms with Gasteiger partial charge >= 0.3 is 17.9 Å². The second-order valence-corrected chi connectivity index (χ2v) is 19.8. The summed E-state index contributed by atoms with van der Waals surface area (Å²) in [6.45, 7) is 12.6. The second kappa shape index (κ2) is 24.8. The number of aliphatic carboxylic acids is 1. The van der Waals surface area contributed by atoms with Crippen LogP contribution in [-0.2, 0) is 30.4 Å². The van der Waals surface area contributed by atoms with E-state index in [1.807, 2.05) is 92.9 Å². The van der Waals surface area contributed by atoms with Crippen molar-refractivity contribution in [2.24, 2.45) is 29.6 Å². The Bertz CT molecular complexity index is 2450. The summed E-state index contributed by atoms with van der Waals surface area (Å²) in [5.74, 6) is -1.18. The lowest BCUT2D eigenvalue weighted by molar-refractivity contribution is -0.162. The topological polar surface area (TPSA) is 185 Å². The molecule has 0 bridgehead atoms. The van der Waals surface area contributed by atoms with E-state index in [9.17, 15) is 38.9 Å². The molecule has 70 heavy (non-hydrogen) atoms. The van der Waals surface area contributed by atoms with Gasteiger partial charge < -0.3 is 39.8 Å². The summed E-state index contributed by atoms with van der Waals surface area (Å²) < 4.78 is 27.5. The molecule has 2 heterocycles. The van der Waals surface area contributed by atoms with E-state index in [-0.39, 0.29) is 79.4 Å². The molecule has 0 unspecified atom stereocenters. The number of hydrogen-bond acceptors (Lipinski definition) is 9. The second-order valence-electron chi connectivity index (χ2n) is 19.8. The molecule has 13 heteroatoms. The lowest BCUT2D eigenvalue weighted by Gasteiger charge is -2.43. The number of amides is 1. The van der Waals surface area contributed by atoms with Gasteiger partial charge in [-0.25, -0.2) is 4.39 Å². The number of nitrogens with one attached hydrogen (secondary N) is 1. The summed E-state index contributed by atoms with van der Waals surface area (Å²) in [7, 11) is 0. The van der Waals surface area contributed by atoms with Crippen molar-refractivity contribution in [3.05, 3.63) is 126 Å². The van der Waals surface area contributed by atoms with Gasteiger partial charge in [0.2, 0.25) is 0 Å².